The number of amides is 1. The highest BCUT2D eigenvalue weighted by atomic mass is 35.5. The molecule has 1 unspecified atom stereocenters. The molecule has 1 aromatic heterocycles. The topological polar surface area (TPSA) is 64.0 Å². The zero-order chi connectivity index (χ0) is 24.3. The van der Waals surface area contributed by atoms with Gasteiger partial charge in [0.25, 0.3) is 5.56 Å². The minimum absolute atomic E-state index is 0.0147. The van der Waals surface area contributed by atoms with Crippen molar-refractivity contribution in [2.24, 2.45) is 0 Å². The molecule has 1 atom stereocenters. The van der Waals surface area contributed by atoms with Gasteiger partial charge in [0, 0.05) is 11.9 Å². The Bertz CT molecular complexity index is 1260. The average molecular weight is 482 g/mol. The number of aryl methyl sites for hydroxylation is 1. The molecule has 3 aromatic rings. The largest absolute Gasteiger partial charge is 0.399 e. The number of carbonyl (C=O) groups is 1. The molecule has 1 heterocycles. The fourth-order valence-electron chi connectivity index (χ4n) is 3.36. The molecule has 0 saturated carbocycles. The quantitative estimate of drug-likeness (QED) is 0.504. The smallest absolute Gasteiger partial charge is 0.355 e. The fraction of sp³-hybridized carbons (Fsp3) is 0.261. The molecule has 1 amide bonds. The summed E-state index contributed by atoms with van der Waals surface area (Å²) in [7, 11) is 0. The molecular weight excluding hydrogens is 462 g/mol. The van der Waals surface area contributed by atoms with E-state index in [1.54, 1.807) is 6.92 Å². The van der Waals surface area contributed by atoms with E-state index in [4.69, 9.17) is 11.6 Å². The molecule has 1 N–H and O–H groups in total. The second-order valence-electron chi connectivity index (χ2n) is 7.42. The van der Waals surface area contributed by atoms with Crippen LogP contribution in [0.4, 0.5) is 17.6 Å². The van der Waals surface area contributed by atoms with Crippen LogP contribution in [0.2, 0.25) is 5.02 Å². The Morgan fingerprint density at radius 2 is 2.00 bits per heavy atom. The summed E-state index contributed by atoms with van der Waals surface area (Å²) in [5, 5.41) is 6.85. The number of halogens is 5. The van der Waals surface area contributed by atoms with Gasteiger partial charge in [-0.05, 0) is 48.7 Å². The van der Waals surface area contributed by atoms with Crippen molar-refractivity contribution in [1.82, 2.24) is 15.1 Å². The first-order valence-electron chi connectivity index (χ1n) is 9.98. The molecule has 10 heteroatoms. The summed E-state index contributed by atoms with van der Waals surface area (Å²) in [5.74, 6) is -3.13. The molecule has 0 bridgehead atoms. The highest BCUT2D eigenvalue weighted by Crippen LogP contribution is 2.38. The van der Waals surface area contributed by atoms with E-state index >= 15 is 0 Å². The standard InChI is InChI=1S/C23H20ClF4N3O2/c1-3-29-20(32)12-31-22(33)17-6-4-14(9-16(17)11-30-31)5-7-18(23(26,27)28)15-8-13(2)21(25)19(24)10-15/h4-11,18H,3,12H2,1-2H3,(H,29,32)/b7-5+. The Balaban J connectivity index is 1.94. The number of benzene rings is 2. The van der Waals surface area contributed by atoms with Crippen molar-refractivity contribution in [3.05, 3.63) is 80.5 Å². The van der Waals surface area contributed by atoms with Gasteiger partial charge in [-0.15, -0.1) is 0 Å². The molecule has 3 rings (SSSR count). The van der Waals surface area contributed by atoms with Gasteiger partial charge in [-0.2, -0.15) is 18.3 Å². The number of hydrogen-bond donors (Lipinski definition) is 1. The molecule has 174 valence electrons. The number of fused-ring (bicyclic) bond motifs is 1. The average Bonchev–Trinajstić information content (AvgIpc) is 2.73. The number of allylic oxidation sites excluding steroid dienone is 1. The lowest BCUT2D eigenvalue weighted by Crippen LogP contribution is -2.33. The van der Waals surface area contributed by atoms with Crippen LogP contribution in [0.5, 0.6) is 0 Å². The Kier molecular flexibility index (Phi) is 7.22. The van der Waals surface area contributed by atoms with Gasteiger partial charge < -0.3 is 5.32 Å². The number of rotatable bonds is 6. The number of nitrogens with zero attached hydrogens (tertiary/aromatic N) is 2. The maximum atomic E-state index is 13.8. The molecule has 33 heavy (non-hydrogen) atoms. The van der Waals surface area contributed by atoms with Gasteiger partial charge in [-0.3, -0.25) is 9.59 Å². The first kappa shape index (κ1) is 24.4. The fourth-order valence-corrected chi connectivity index (χ4v) is 3.64. The summed E-state index contributed by atoms with van der Waals surface area (Å²) < 4.78 is 55.9. The first-order chi connectivity index (χ1) is 15.5. The molecule has 2 aromatic carbocycles. The van der Waals surface area contributed by atoms with E-state index in [0.29, 0.717) is 17.5 Å². The lowest BCUT2D eigenvalue weighted by atomic mass is 9.95. The number of carbonyl (C=O) groups excluding carboxylic acids is 1. The molecule has 0 aliphatic heterocycles. The summed E-state index contributed by atoms with van der Waals surface area (Å²) in [5.41, 5.74) is -0.248. The van der Waals surface area contributed by atoms with E-state index in [1.807, 2.05) is 0 Å². The molecule has 0 saturated heterocycles. The van der Waals surface area contributed by atoms with Crippen LogP contribution in [-0.4, -0.2) is 28.4 Å². The zero-order valence-electron chi connectivity index (χ0n) is 17.7. The van der Waals surface area contributed by atoms with Crippen LogP contribution in [0, 0.1) is 12.7 Å². The summed E-state index contributed by atoms with van der Waals surface area (Å²) >= 11 is 5.74. The summed E-state index contributed by atoms with van der Waals surface area (Å²) in [6.45, 7) is 3.27. The minimum atomic E-state index is -4.63. The van der Waals surface area contributed by atoms with Crippen molar-refractivity contribution < 1.29 is 22.4 Å². The lowest BCUT2D eigenvalue weighted by Gasteiger charge is -2.18. The van der Waals surface area contributed by atoms with Crippen molar-refractivity contribution in [3.8, 4) is 0 Å². The van der Waals surface area contributed by atoms with E-state index < -0.39 is 23.5 Å². The summed E-state index contributed by atoms with van der Waals surface area (Å²) in [6.07, 6.45) is -1.04. The molecular formula is C23H20ClF4N3O2. The minimum Gasteiger partial charge on any atom is -0.355 e. The van der Waals surface area contributed by atoms with Crippen LogP contribution in [0.3, 0.4) is 0 Å². The summed E-state index contributed by atoms with van der Waals surface area (Å²) in [6, 6.07) is 6.56. The van der Waals surface area contributed by atoms with Gasteiger partial charge in [-0.25, -0.2) is 9.07 Å². The lowest BCUT2D eigenvalue weighted by molar-refractivity contribution is -0.139. The van der Waals surface area contributed by atoms with Gasteiger partial charge >= 0.3 is 6.18 Å². The third-order valence-electron chi connectivity index (χ3n) is 4.97. The van der Waals surface area contributed by atoms with Crippen molar-refractivity contribution >= 4 is 34.4 Å². The highest BCUT2D eigenvalue weighted by molar-refractivity contribution is 6.30. The molecule has 0 spiro atoms. The number of likely N-dealkylation sites (N-methyl/N-ethyl adjacent to an activating group) is 1. The maximum Gasteiger partial charge on any atom is 0.399 e. The highest BCUT2D eigenvalue weighted by Gasteiger charge is 2.39. The van der Waals surface area contributed by atoms with Crippen LogP contribution in [0.15, 0.2) is 47.4 Å². The molecule has 0 aliphatic carbocycles. The van der Waals surface area contributed by atoms with Gasteiger partial charge in [0.2, 0.25) is 5.91 Å². The van der Waals surface area contributed by atoms with Crippen molar-refractivity contribution in [2.75, 3.05) is 6.54 Å². The van der Waals surface area contributed by atoms with Gasteiger partial charge in [0.05, 0.1) is 22.5 Å². The Hall–Kier alpha value is -3.20. The second-order valence-corrected chi connectivity index (χ2v) is 7.83. The number of aromatic nitrogens is 2. The van der Waals surface area contributed by atoms with Crippen molar-refractivity contribution in [3.63, 3.8) is 0 Å². The van der Waals surface area contributed by atoms with Gasteiger partial charge in [0.1, 0.15) is 12.4 Å². The van der Waals surface area contributed by atoms with E-state index in [1.165, 1.54) is 37.4 Å². The summed E-state index contributed by atoms with van der Waals surface area (Å²) in [4.78, 5) is 24.3. The second kappa shape index (κ2) is 9.74. The monoisotopic (exact) mass is 481 g/mol. The number of hydrogen-bond acceptors (Lipinski definition) is 3. The number of nitrogens with one attached hydrogen (secondary N) is 1. The van der Waals surface area contributed by atoms with E-state index in [0.717, 1.165) is 22.9 Å². The third-order valence-corrected chi connectivity index (χ3v) is 5.24. The van der Waals surface area contributed by atoms with E-state index in [9.17, 15) is 27.2 Å². The van der Waals surface area contributed by atoms with Gasteiger partial charge in [0.15, 0.2) is 0 Å². The Morgan fingerprint density at radius 3 is 2.64 bits per heavy atom. The van der Waals surface area contributed by atoms with Crippen LogP contribution < -0.4 is 10.9 Å². The molecule has 0 aliphatic rings. The van der Waals surface area contributed by atoms with Crippen LogP contribution in [0.1, 0.15) is 29.5 Å². The van der Waals surface area contributed by atoms with Gasteiger partial charge in [-0.1, -0.05) is 35.9 Å². The Labute approximate surface area is 191 Å². The first-order valence-corrected chi connectivity index (χ1v) is 10.4. The van der Waals surface area contributed by atoms with E-state index in [2.05, 4.69) is 10.4 Å². The SMILES string of the molecule is CCNC(=O)Cn1ncc2cc(/C=C/C(c3cc(C)c(F)c(Cl)c3)C(F)(F)F)ccc2c1=O. The van der Waals surface area contributed by atoms with Crippen LogP contribution in [0.25, 0.3) is 16.8 Å². The normalized spacial score (nSPS) is 12.9. The third kappa shape index (κ3) is 5.60. The number of alkyl halides is 3. The van der Waals surface area contributed by atoms with Crippen molar-refractivity contribution in [2.45, 2.75) is 32.5 Å². The van der Waals surface area contributed by atoms with E-state index in [-0.39, 0.29) is 34.0 Å². The Morgan fingerprint density at radius 1 is 1.27 bits per heavy atom. The van der Waals surface area contributed by atoms with Crippen LogP contribution in [-0.2, 0) is 11.3 Å². The molecule has 0 radical (unpaired) electrons. The predicted octanol–water partition coefficient (Wildman–Crippen LogP) is 4.99. The zero-order valence-corrected chi connectivity index (χ0v) is 18.5. The molecule has 0 fully saturated rings. The predicted molar refractivity (Wildman–Crippen MR) is 119 cm³/mol. The van der Waals surface area contributed by atoms with Crippen molar-refractivity contribution in [1.29, 1.82) is 0 Å². The maximum absolute atomic E-state index is 13.8. The molecule has 5 nitrogen and oxygen atoms in total. The van der Waals surface area contributed by atoms with Crippen LogP contribution >= 0.6 is 11.6 Å².